The molecule has 0 spiro atoms. The van der Waals surface area contributed by atoms with Crippen LogP contribution in [-0.4, -0.2) is 18.2 Å². The quantitative estimate of drug-likeness (QED) is 0.716. The lowest BCUT2D eigenvalue weighted by atomic mass is 10.2. The van der Waals surface area contributed by atoms with Gasteiger partial charge in [-0.3, -0.25) is 9.40 Å². The largest absolute Gasteiger partial charge is 0.279 e. The van der Waals surface area contributed by atoms with Crippen LogP contribution in [0.4, 0.5) is 5.69 Å². The van der Waals surface area contributed by atoms with E-state index in [-0.39, 0.29) is 9.23 Å². The van der Waals surface area contributed by atoms with Crippen molar-refractivity contribution >= 4 is 50.2 Å². The third-order valence-corrected chi connectivity index (χ3v) is 6.19. The number of aromatic nitrogens is 2. The predicted molar refractivity (Wildman–Crippen MR) is 92.9 cm³/mol. The molecule has 9 heteroatoms. The van der Waals surface area contributed by atoms with E-state index in [0.717, 1.165) is 16.9 Å². The molecular formula is C14H11Cl2N3O2S2. The zero-order chi connectivity index (χ0) is 16.4. The molecule has 1 aromatic carbocycles. The molecule has 5 nitrogen and oxygen atoms in total. The summed E-state index contributed by atoms with van der Waals surface area (Å²) in [4.78, 5) is -0.0249. The number of thiophene rings is 1. The van der Waals surface area contributed by atoms with Crippen LogP contribution < -0.4 is 4.72 Å². The van der Waals surface area contributed by atoms with Gasteiger partial charge in [0.1, 0.15) is 9.23 Å². The Balaban J connectivity index is 1.92. The Hall–Kier alpha value is -1.54. The van der Waals surface area contributed by atoms with Gasteiger partial charge >= 0.3 is 0 Å². The van der Waals surface area contributed by atoms with Gasteiger partial charge in [0.25, 0.3) is 10.0 Å². The first-order valence-electron chi connectivity index (χ1n) is 6.49. The van der Waals surface area contributed by atoms with E-state index in [1.54, 1.807) is 35.3 Å². The number of sulfonamides is 1. The zero-order valence-corrected chi connectivity index (χ0v) is 14.8. The molecule has 0 unspecified atom stereocenters. The smallest absolute Gasteiger partial charge is 0.264 e. The van der Waals surface area contributed by atoms with E-state index in [9.17, 15) is 8.42 Å². The van der Waals surface area contributed by atoms with E-state index in [2.05, 4.69) is 9.82 Å². The van der Waals surface area contributed by atoms with Crippen molar-refractivity contribution in [3.05, 3.63) is 63.0 Å². The Morgan fingerprint density at radius 1 is 1.22 bits per heavy atom. The molecule has 3 aromatic rings. The summed E-state index contributed by atoms with van der Waals surface area (Å²) in [5.41, 5.74) is 1.26. The number of rotatable bonds is 5. The molecule has 0 fully saturated rings. The molecule has 0 aliphatic rings. The molecule has 0 saturated heterocycles. The van der Waals surface area contributed by atoms with Crippen LogP contribution in [-0.2, 0) is 16.6 Å². The topological polar surface area (TPSA) is 64.0 Å². The number of hydrogen-bond donors (Lipinski definition) is 1. The molecule has 23 heavy (non-hydrogen) atoms. The van der Waals surface area contributed by atoms with Crippen LogP contribution in [0.3, 0.4) is 0 Å². The Morgan fingerprint density at radius 2 is 2.00 bits per heavy atom. The zero-order valence-electron chi connectivity index (χ0n) is 11.6. The van der Waals surface area contributed by atoms with Crippen LogP contribution in [0.2, 0.25) is 8.67 Å². The summed E-state index contributed by atoms with van der Waals surface area (Å²) in [5.74, 6) is 0. The summed E-state index contributed by atoms with van der Waals surface area (Å²) in [6.45, 7) is 0.448. The van der Waals surface area contributed by atoms with Crippen molar-refractivity contribution in [3.8, 4) is 0 Å². The van der Waals surface area contributed by atoms with Gasteiger partial charge in [0.05, 0.1) is 16.6 Å². The third-order valence-electron chi connectivity index (χ3n) is 3.07. The van der Waals surface area contributed by atoms with Crippen LogP contribution in [0.15, 0.2) is 53.7 Å². The van der Waals surface area contributed by atoms with Crippen molar-refractivity contribution in [2.75, 3.05) is 4.72 Å². The number of hydrogen-bond acceptors (Lipinski definition) is 4. The number of nitrogens with one attached hydrogen (secondary N) is 1. The fourth-order valence-corrected chi connectivity index (χ4v) is 5.29. The highest BCUT2D eigenvalue weighted by Crippen LogP contribution is 2.35. The minimum absolute atomic E-state index is 0.0249. The molecule has 1 N–H and O–H groups in total. The van der Waals surface area contributed by atoms with Crippen molar-refractivity contribution in [2.24, 2.45) is 0 Å². The highest BCUT2D eigenvalue weighted by Gasteiger charge is 2.22. The number of nitrogens with zero attached hydrogens (tertiary/aromatic N) is 2. The van der Waals surface area contributed by atoms with Gasteiger partial charge in [-0.15, -0.1) is 11.3 Å². The lowest BCUT2D eigenvalue weighted by molar-refractivity contribution is 0.601. The summed E-state index contributed by atoms with van der Waals surface area (Å²) in [6, 6.07) is 10.3. The van der Waals surface area contributed by atoms with Gasteiger partial charge in [0.2, 0.25) is 0 Å². The van der Waals surface area contributed by atoms with E-state index in [1.165, 1.54) is 6.07 Å². The number of anilines is 1. The summed E-state index contributed by atoms with van der Waals surface area (Å²) in [6.07, 6.45) is 3.47. The molecule has 120 valence electrons. The van der Waals surface area contributed by atoms with E-state index in [1.807, 2.05) is 12.1 Å². The van der Waals surface area contributed by atoms with Crippen molar-refractivity contribution in [2.45, 2.75) is 11.4 Å². The van der Waals surface area contributed by atoms with Gasteiger partial charge in [-0.25, -0.2) is 8.42 Å². The van der Waals surface area contributed by atoms with Crippen LogP contribution in [0.1, 0.15) is 5.56 Å². The molecule has 0 atom stereocenters. The van der Waals surface area contributed by atoms with Crippen LogP contribution in [0.25, 0.3) is 0 Å². The van der Waals surface area contributed by atoms with Gasteiger partial charge in [-0.2, -0.15) is 5.10 Å². The first kappa shape index (κ1) is 16.3. The van der Waals surface area contributed by atoms with E-state index >= 15 is 0 Å². The minimum Gasteiger partial charge on any atom is -0.279 e. The van der Waals surface area contributed by atoms with Gasteiger partial charge in [0.15, 0.2) is 0 Å². The first-order chi connectivity index (χ1) is 11.0. The Morgan fingerprint density at radius 3 is 2.65 bits per heavy atom. The average Bonchev–Trinajstić information content (AvgIpc) is 3.10. The molecule has 3 rings (SSSR count). The van der Waals surface area contributed by atoms with Crippen LogP contribution in [0, 0.1) is 0 Å². The second-order valence-corrected chi connectivity index (χ2v) is 8.59. The summed E-state index contributed by atoms with van der Waals surface area (Å²) in [7, 11) is -3.81. The van der Waals surface area contributed by atoms with Gasteiger partial charge in [0, 0.05) is 12.4 Å². The molecule has 0 bridgehead atoms. The molecule has 0 aliphatic heterocycles. The highest BCUT2D eigenvalue weighted by molar-refractivity contribution is 7.93. The summed E-state index contributed by atoms with van der Waals surface area (Å²) < 4.78 is 29.8. The molecule has 0 aliphatic carbocycles. The summed E-state index contributed by atoms with van der Waals surface area (Å²) in [5, 5.41) is 4.13. The van der Waals surface area contributed by atoms with E-state index in [4.69, 9.17) is 23.2 Å². The molecule has 0 saturated carbocycles. The number of halogens is 2. The second kappa shape index (κ2) is 6.52. The molecule has 0 amide bonds. The monoisotopic (exact) mass is 387 g/mol. The molecule has 2 aromatic heterocycles. The van der Waals surface area contributed by atoms with Gasteiger partial charge in [-0.05, 0) is 23.8 Å². The van der Waals surface area contributed by atoms with Crippen molar-refractivity contribution in [1.82, 2.24) is 9.78 Å². The van der Waals surface area contributed by atoms with Crippen molar-refractivity contribution in [3.63, 3.8) is 0 Å². The Kier molecular flexibility index (Phi) is 4.63. The first-order valence-corrected chi connectivity index (χ1v) is 9.54. The highest BCUT2D eigenvalue weighted by atomic mass is 35.5. The fraction of sp³-hybridized carbons (Fsp3) is 0.0714. The fourth-order valence-electron chi connectivity index (χ4n) is 2.03. The standard InChI is InChI=1S/C14H11Cl2N3O2S2/c15-13-8-12(14(16)22-13)23(20,21)18-11-5-2-1-4-10(11)9-19-7-3-6-17-19/h1-8,18H,9H2. The Bertz CT molecular complexity index is 921. The maximum atomic E-state index is 12.5. The molecule has 2 heterocycles. The maximum Gasteiger partial charge on any atom is 0.264 e. The summed E-state index contributed by atoms with van der Waals surface area (Å²) >= 11 is 12.8. The lowest BCUT2D eigenvalue weighted by Gasteiger charge is -2.12. The van der Waals surface area contributed by atoms with Gasteiger partial charge in [-0.1, -0.05) is 41.4 Å². The van der Waals surface area contributed by atoms with E-state index < -0.39 is 10.0 Å². The van der Waals surface area contributed by atoms with Gasteiger partial charge < -0.3 is 0 Å². The number of benzene rings is 1. The van der Waals surface area contributed by atoms with Crippen molar-refractivity contribution in [1.29, 1.82) is 0 Å². The van der Waals surface area contributed by atoms with Crippen molar-refractivity contribution < 1.29 is 8.42 Å². The normalized spacial score (nSPS) is 11.6. The van der Waals surface area contributed by atoms with Crippen LogP contribution in [0.5, 0.6) is 0 Å². The Labute approximate surface area is 147 Å². The lowest BCUT2D eigenvalue weighted by Crippen LogP contribution is -2.14. The molecular weight excluding hydrogens is 377 g/mol. The SMILES string of the molecule is O=S(=O)(Nc1ccccc1Cn1cccn1)c1cc(Cl)sc1Cl. The third kappa shape index (κ3) is 3.69. The average molecular weight is 388 g/mol. The minimum atomic E-state index is -3.81. The maximum absolute atomic E-state index is 12.5. The molecule has 0 radical (unpaired) electrons. The predicted octanol–water partition coefficient (Wildman–Crippen LogP) is 4.10. The number of para-hydroxylation sites is 1. The second-order valence-electron chi connectivity index (χ2n) is 4.65. The van der Waals surface area contributed by atoms with E-state index in [0.29, 0.717) is 16.6 Å². The van der Waals surface area contributed by atoms with Crippen LogP contribution >= 0.6 is 34.5 Å².